The van der Waals surface area contributed by atoms with Crippen LogP contribution >= 0.6 is 0 Å². The number of aromatic nitrogens is 4. The summed E-state index contributed by atoms with van der Waals surface area (Å²) >= 11 is 0. The Hall–Kier alpha value is -2.28. The van der Waals surface area contributed by atoms with Gasteiger partial charge in [0.1, 0.15) is 12.4 Å². The largest absolute Gasteiger partial charge is 0.378 e. The molecule has 2 heterocycles. The molecule has 2 aromatic rings. The lowest BCUT2D eigenvalue weighted by atomic mass is 10.0. The van der Waals surface area contributed by atoms with Crippen LogP contribution in [0.2, 0.25) is 0 Å². The number of rotatable bonds is 4. The van der Waals surface area contributed by atoms with Gasteiger partial charge in [0.05, 0.1) is 13.2 Å². The number of hydrogen-bond donors (Lipinski definition) is 0. The van der Waals surface area contributed by atoms with E-state index in [1.54, 1.807) is 0 Å². The van der Waals surface area contributed by atoms with Crippen molar-refractivity contribution >= 4 is 5.91 Å². The minimum atomic E-state index is -0.416. The first-order valence-electron chi connectivity index (χ1n) is 6.97. The van der Waals surface area contributed by atoms with Crippen molar-refractivity contribution < 1.29 is 9.53 Å². The molecule has 0 radical (unpaired) electrons. The predicted molar refractivity (Wildman–Crippen MR) is 74.4 cm³/mol. The lowest BCUT2D eigenvalue weighted by Crippen LogP contribution is -2.45. The van der Waals surface area contributed by atoms with Crippen molar-refractivity contribution in [2.45, 2.75) is 12.5 Å². The van der Waals surface area contributed by atoms with E-state index in [1.807, 2.05) is 35.2 Å². The van der Waals surface area contributed by atoms with Crippen molar-refractivity contribution in [3.05, 3.63) is 42.2 Å². The fraction of sp³-hybridized carbons (Fsp3) is 0.429. The molecule has 0 saturated carbocycles. The lowest BCUT2D eigenvalue weighted by molar-refractivity contribution is -0.139. The van der Waals surface area contributed by atoms with E-state index in [4.69, 9.17) is 4.74 Å². The molecule has 110 valence electrons. The van der Waals surface area contributed by atoms with E-state index in [-0.39, 0.29) is 5.91 Å². The SMILES string of the molecule is O=C([C@@H](Cc1ccccc1)n1cnnn1)N1CCOCC1. The fourth-order valence-corrected chi connectivity index (χ4v) is 2.44. The molecule has 1 atom stereocenters. The van der Waals surface area contributed by atoms with E-state index in [0.717, 1.165) is 5.56 Å². The molecule has 7 heteroatoms. The first-order chi connectivity index (χ1) is 10.3. The molecule has 1 aliphatic heterocycles. The predicted octanol–water partition coefficient (Wildman–Crippen LogP) is 0.316. The third-order valence-corrected chi connectivity index (χ3v) is 3.56. The molecule has 0 aliphatic carbocycles. The monoisotopic (exact) mass is 287 g/mol. The third-order valence-electron chi connectivity index (χ3n) is 3.56. The zero-order chi connectivity index (χ0) is 14.5. The van der Waals surface area contributed by atoms with Gasteiger partial charge < -0.3 is 9.64 Å². The number of tetrazole rings is 1. The Morgan fingerprint density at radius 3 is 2.67 bits per heavy atom. The Bertz CT molecular complexity index is 566. The first kappa shape index (κ1) is 13.7. The van der Waals surface area contributed by atoms with E-state index >= 15 is 0 Å². The van der Waals surface area contributed by atoms with Gasteiger partial charge >= 0.3 is 0 Å². The molecular weight excluding hydrogens is 270 g/mol. The molecule has 1 amide bonds. The highest BCUT2D eigenvalue weighted by molar-refractivity contribution is 5.80. The van der Waals surface area contributed by atoms with Crippen LogP contribution in [-0.4, -0.2) is 57.3 Å². The van der Waals surface area contributed by atoms with Gasteiger partial charge in [0.15, 0.2) is 0 Å². The number of nitrogens with zero attached hydrogens (tertiary/aromatic N) is 5. The van der Waals surface area contributed by atoms with Gasteiger partial charge in [-0.3, -0.25) is 4.79 Å². The summed E-state index contributed by atoms with van der Waals surface area (Å²) in [5.74, 6) is 0.0365. The van der Waals surface area contributed by atoms with Gasteiger partial charge in [-0.25, -0.2) is 4.68 Å². The zero-order valence-corrected chi connectivity index (χ0v) is 11.6. The highest BCUT2D eigenvalue weighted by Gasteiger charge is 2.28. The maximum Gasteiger partial charge on any atom is 0.248 e. The second-order valence-corrected chi connectivity index (χ2v) is 4.93. The molecule has 3 rings (SSSR count). The van der Waals surface area contributed by atoms with E-state index in [0.29, 0.717) is 32.7 Å². The molecule has 0 N–H and O–H groups in total. The molecule has 7 nitrogen and oxygen atoms in total. The molecule has 21 heavy (non-hydrogen) atoms. The summed E-state index contributed by atoms with van der Waals surface area (Å²) in [6.45, 7) is 2.40. The van der Waals surface area contributed by atoms with E-state index in [2.05, 4.69) is 15.5 Å². The van der Waals surface area contributed by atoms with Crippen molar-refractivity contribution in [1.82, 2.24) is 25.1 Å². The van der Waals surface area contributed by atoms with Crippen LogP contribution in [0.15, 0.2) is 36.7 Å². The lowest BCUT2D eigenvalue weighted by Gasteiger charge is -2.30. The fourth-order valence-electron chi connectivity index (χ4n) is 2.44. The average Bonchev–Trinajstić information content (AvgIpc) is 3.08. The zero-order valence-electron chi connectivity index (χ0n) is 11.6. The number of benzene rings is 1. The van der Waals surface area contributed by atoms with Crippen molar-refractivity contribution in [3.63, 3.8) is 0 Å². The van der Waals surface area contributed by atoms with E-state index in [9.17, 15) is 4.79 Å². The summed E-state index contributed by atoms with van der Waals surface area (Å²) in [5.41, 5.74) is 1.08. The summed E-state index contributed by atoms with van der Waals surface area (Å²) in [7, 11) is 0. The average molecular weight is 287 g/mol. The van der Waals surface area contributed by atoms with Crippen LogP contribution in [0.4, 0.5) is 0 Å². The van der Waals surface area contributed by atoms with Crippen molar-refractivity contribution in [2.75, 3.05) is 26.3 Å². The van der Waals surface area contributed by atoms with Gasteiger partial charge in [-0.1, -0.05) is 30.3 Å². The van der Waals surface area contributed by atoms with Gasteiger partial charge in [0, 0.05) is 19.5 Å². The second-order valence-electron chi connectivity index (χ2n) is 4.93. The van der Waals surface area contributed by atoms with Gasteiger partial charge in [-0.05, 0) is 16.0 Å². The summed E-state index contributed by atoms with van der Waals surface area (Å²) < 4.78 is 6.83. The standard InChI is InChI=1S/C14H17N5O2/c20-14(18-6-8-21-9-7-18)13(19-11-15-16-17-19)10-12-4-2-1-3-5-12/h1-5,11,13H,6-10H2/t13-/m1/s1. The summed E-state index contributed by atoms with van der Waals surface area (Å²) in [4.78, 5) is 14.6. The molecule has 0 bridgehead atoms. The molecule has 0 spiro atoms. The number of carbonyl (C=O) groups excluding carboxylic acids is 1. The number of morpholine rings is 1. The van der Waals surface area contributed by atoms with Crippen LogP contribution in [-0.2, 0) is 16.0 Å². The van der Waals surface area contributed by atoms with E-state index < -0.39 is 6.04 Å². The quantitative estimate of drug-likeness (QED) is 0.809. The topological polar surface area (TPSA) is 73.1 Å². The summed E-state index contributed by atoms with van der Waals surface area (Å²) in [6, 6.07) is 9.48. The van der Waals surface area contributed by atoms with Gasteiger partial charge in [-0.15, -0.1) is 5.10 Å². The molecule has 1 aliphatic rings. The minimum absolute atomic E-state index is 0.0365. The number of ether oxygens (including phenoxy) is 1. The van der Waals surface area contributed by atoms with Crippen LogP contribution in [0.25, 0.3) is 0 Å². The van der Waals surface area contributed by atoms with E-state index in [1.165, 1.54) is 11.0 Å². The van der Waals surface area contributed by atoms with Crippen LogP contribution in [0.1, 0.15) is 11.6 Å². The first-order valence-corrected chi connectivity index (χ1v) is 6.97. The molecule has 1 fully saturated rings. The summed E-state index contributed by atoms with van der Waals surface area (Å²) in [5, 5.41) is 11.2. The van der Waals surface area contributed by atoms with Crippen molar-refractivity contribution in [2.24, 2.45) is 0 Å². The smallest absolute Gasteiger partial charge is 0.248 e. The maximum absolute atomic E-state index is 12.8. The normalized spacial score (nSPS) is 16.7. The van der Waals surface area contributed by atoms with Crippen LogP contribution in [0.3, 0.4) is 0 Å². The summed E-state index contributed by atoms with van der Waals surface area (Å²) in [6.07, 6.45) is 2.06. The van der Waals surface area contributed by atoms with Crippen LogP contribution in [0, 0.1) is 0 Å². The minimum Gasteiger partial charge on any atom is -0.378 e. The Kier molecular flexibility index (Phi) is 4.20. The van der Waals surface area contributed by atoms with Gasteiger partial charge in [0.25, 0.3) is 0 Å². The highest BCUT2D eigenvalue weighted by atomic mass is 16.5. The van der Waals surface area contributed by atoms with Gasteiger partial charge in [0.2, 0.25) is 5.91 Å². The van der Waals surface area contributed by atoms with Crippen LogP contribution < -0.4 is 0 Å². The third kappa shape index (κ3) is 3.25. The maximum atomic E-state index is 12.8. The molecule has 0 unspecified atom stereocenters. The highest BCUT2D eigenvalue weighted by Crippen LogP contribution is 2.17. The number of hydrogen-bond acceptors (Lipinski definition) is 5. The van der Waals surface area contributed by atoms with Crippen LogP contribution in [0.5, 0.6) is 0 Å². The molecule has 1 aromatic heterocycles. The molecule has 1 aromatic carbocycles. The number of amides is 1. The Balaban J connectivity index is 1.80. The van der Waals surface area contributed by atoms with Crippen molar-refractivity contribution in [1.29, 1.82) is 0 Å². The second kappa shape index (κ2) is 6.45. The Labute approximate surface area is 122 Å². The number of carbonyl (C=O) groups is 1. The molecular formula is C14H17N5O2. The Morgan fingerprint density at radius 1 is 1.24 bits per heavy atom. The Morgan fingerprint density at radius 2 is 2.00 bits per heavy atom. The van der Waals surface area contributed by atoms with Crippen molar-refractivity contribution in [3.8, 4) is 0 Å². The molecule has 1 saturated heterocycles. The van der Waals surface area contributed by atoms with Gasteiger partial charge in [-0.2, -0.15) is 0 Å².